The molecule has 6 heteroatoms. The average molecular weight is 458 g/mol. The van der Waals surface area contributed by atoms with E-state index in [1.807, 2.05) is 7.05 Å². The summed E-state index contributed by atoms with van der Waals surface area (Å²) >= 11 is 0. The van der Waals surface area contributed by atoms with Crippen molar-refractivity contribution in [2.24, 2.45) is 10.9 Å². The van der Waals surface area contributed by atoms with Gasteiger partial charge in [-0.05, 0) is 49.0 Å². The van der Waals surface area contributed by atoms with Crippen molar-refractivity contribution in [1.29, 1.82) is 0 Å². The highest BCUT2D eigenvalue weighted by Crippen LogP contribution is 2.25. The lowest BCUT2D eigenvalue weighted by atomic mass is 10.1. The quantitative estimate of drug-likeness (QED) is 0.390. The second kappa shape index (κ2) is 10.2. The first kappa shape index (κ1) is 20.3. The fourth-order valence-electron chi connectivity index (χ4n) is 3.55. The summed E-state index contributed by atoms with van der Waals surface area (Å²) in [6.45, 7) is 8.56. The maximum absolute atomic E-state index is 5.56. The second-order valence-electron chi connectivity index (χ2n) is 6.72. The van der Waals surface area contributed by atoms with Crippen molar-refractivity contribution < 1.29 is 4.74 Å². The summed E-state index contributed by atoms with van der Waals surface area (Å²) in [6.07, 6.45) is 3.33. The number of guanidine groups is 1. The van der Waals surface area contributed by atoms with Gasteiger partial charge in [0.05, 0.1) is 6.61 Å². The normalized spacial score (nSPS) is 19.9. The standard InChI is InChI=1S/C19H30N4O.HI/c1-3-23-10-7-16(14-23)13-22-19(20-2)21-9-6-15-4-5-18-17(12-15)8-11-24-18;/h4-5,12,16H,3,6-11,13-14H2,1-2H3,(H2,20,21,22);1H. The first-order valence-electron chi connectivity index (χ1n) is 9.20. The van der Waals surface area contributed by atoms with Gasteiger partial charge in [-0.3, -0.25) is 4.99 Å². The van der Waals surface area contributed by atoms with E-state index in [0.29, 0.717) is 0 Å². The predicted octanol–water partition coefficient (Wildman–Crippen LogP) is 2.29. The molecule has 0 amide bonds. The Bertz CT molecular complexity index is 579. The van der Waals surface area contributed by atoms with Crippen LogP contribution < -0.4 is 15.4 Å². The molecule has 2 aliphatic heterocycles. The van der Waals surface area contributed by atoms with E-state index in [1.165, 1.54) is 30.6 Å². The average Bonchev–Trinajstić information content (AvgIpc) is 3.26. The largest absolute Gasteiger partial charge is 0.493 e. The van der Waals surface area contributed by atoms with Crippen LogP contribution in [-0.2, 0) is 12.8 Å². The smallest absolute Gasteiger partial charge is 0.190 e. The predicted molar refractivity (Wildman–Crippen MR) is 114 cm³/mol. The fourth-order valence-corrected chi connectivity index (χ4v) is 3.55. The van der Waals surface area contributed by atoms with Crippen molar-refractivity contribution in [1.82, 2.24) is 15.5 Å². The number of hydrogen-bond acceptors (Lipinski definition) is 3. The zero-order chi connectivity index (χ0) is 16.8. The molecule has 0 spiro atoms. The molecule has 1 aromatic rings. The molecule has 2 N–H and O–H groups in total. The monoisotopic (exact) mass is 458 g/mol. The first-order chi connectivity index (χ1) is 11.8. The molecule has 0 bridgehead atoms. The Labute approximate surface area is 168 Å². The third kappa shape index (κ3) is 5.74. The number of ether oxygens (including phenoxy) is 1. The van der Waals surface area contributed by atoms with Crippen molar-refractivity contribution in [3.63, 3.8) is 0 Å². The van der Waals surface area contributed by atoms with Gasteiger partial charge in [0.1, 0.15) is 5.75 Å². The lowest BCUT2D eigenvalue weighted by molar-refractivity contribution is 0.342. The van der Waals surface area contributed by atoms with Gasteiger partial charge >= 0.3 is 0 Å². The molecule has 1 saturated heterocycles. The number of aliphatic imine (C=N–C) groups is 1. The van der Waals surface area contributed by atoms with Crippen LogP contribution in [0.5, 0.6) is 5.75 Å². The van der Waals surface area contributed by atoms with Crippen molar-refractivity contribution in [2.45, 2.75) is 26.2 Å². The molecule has 25 heavy (non-hydrogen) atoms. The van der Waals surface area contributed by atoms with Crippen LogP contribution in [0.2, 0.25) is 0 Å². The minimum Gasteiger partial charge on any atom is -0.493 e. The van der Waals surface area contributed by atoms with Gasteiger partial charge in [-0.15, -0.1) is 24.0 Å². The highest BCUT2D eigenvalue weighted by Gasteiger charge is 2.20. The van der Waals surface area contributed by atoms with Crippen LogP contribution >= 0.6 is 24.0 Å². The van der Waals surface area contributed by atoms with Crippen LogP contribution in [0.1, 0.15) is 24.5 Å². The number of halogens is 1. The van der Waals surface area contributed by atoms with E-state index in [9.17, 15) is 0 Å². The third-order valence-electron chi connectivity index (χ3n) is 5.06. The molecular weight excluding hydrogens is 427 g/mol. The number of nitrogens with zero attached hydrogens (tertiary/aromatic N) is 2. The fraction of sp³-hybridized carbons (Fsp3) is 0.632. The summed E-state index contributed by atoms with van der Waals surface area (Å²) < 4.78 is 5.56. The van der Waals surface area contributed by atoms with Gasteiger partial charge in [0.2, 0.25) is 0 Å². The molecule has 140 valence electrons. The molecule has 1 unspecified atom stereocenters. The number of benzene rings is 1. The molecule has 1 aromatic carbocycles. The highest BCUT2D eigenvalue weighted by atomic mass is 127. The molecule has 0 saturated carbocycles. The molecule has 1 fully saturated rings. The van der Waals surface area contributed by atoms with E-state index in [1.54, 1.807) is 0 Å². The molecular formula is C19H31IN4O. The Balaban J connectivity index is 0.00000225. The van der Waals surface area contributed by atoms with Crippen molar-refractivity contribution in [2.75, 3.05) is 46.4 Å². The second-order valence-corrected chi connectivity index (χ2v) is 6.72. The zero-order valence-corrected chi connectivity index (χ0v) is 17.7. The maximum Gasteiger partial charge on any atom is 0.190 e. The zero-order valence-electron chi connectivity index (χ0n) is 15.4. The summed E-state index contributed by atoms with van der Waals surface area (Å²) in [7, 11) is 1.84. The molecule has 0 aliphatic carbocycles. The lowest BCUT2D eigenvalue weighted by Gasteiger charge is -2.16. The number of nitrogens with one attached hydrogen (secondary N) is 2. The summed E-state index contributed by atoms with van der Waals surface area (Å²) in [5.41, 5.74) is 2.70. The Morgan fingerprint density at radius 2 is 2.24 bits per heavy atom. The number of hydrogen-bond donors (Lipinski definition) is 2. The Hall–Kier alpha value is -1.02. The van der Waals surface area contributed by atoms with Crippen LogP contribution in [-0.4, -0.2) is 57.2 Å². The topological polar surface area (TPSA) is 48.9 Å². The van der Waals surface area contributed by atoms with Crippen LogP contribution in [0.15, 0.2) is 23.2 Å². The SMILES string of the molecule is CCN1CCC(CNC(=NC)NCCc2ccc3c(c2)CCO3)C1.I. The Morgan fingerprint density at radius 1 is 1.36 bits per heavy atom. The molecule has 2 aliphatic rings. The number of rotatable bonds is 6. The molecule has 1 atom stereocenters. The van der Waals surface area contributed by atoms with E-state index in [0.717, 1.165) is 56.7 Å². The van der Waals surface area contributed by atoms with Gasteiger partial charge < -0.3 is 20.3 Å². The van der Waals surface area contributed by atoms with E-state index in [4.69, 9.17) is 4.74 Å². The minimum atomic E-state index is 0. The van der Waals surface area contributed by atoms with E-state index in [-0.39, 0.29) is 24.0 Å². The van der Waals surface area contributed by atoms with E-state index >= 15 is 0 Å². The maximum atomic E-state index is 5.56. The van der Waals surface area contributed by atoms with Gasteiger partial charge in [0.15, 0.2) is 5.96 Å². The number of likely N-dealkylation sites (tertiary alicyclic amines) is 1. The summed E-state index contributed by atoms with van der Waals surface area (Å²) in [5, 5.41) is 6.90. The van der Waals surface area contributed by atoms with Gasteiger partial charge in [-0.2, -0.15) is 0 Å². The van der Waals surface area contributed by atoms with Gasteiger partial charge in [-0.1, -0.05) is 19.1 Å². The third-order valence-corrected chi connectivity index (χ3v) is 5.06. The summed E-state index contributed by atoms with van der Waals surface area (Å²) in [6, 6.07) is 6.54. The minimum absolute atomic E-state index is 0. The van der Waals surface area contributed by atoms with E-state index < -0.39 is 0 Å². The summed E-state index contributed by atoms with van der Waals surface area (Å²) in [4.78, 5) is 6.85. The van der Waals surface area contributed by atoms with Gasteiger partial charge in [0, 0.05) is 33.1 Å². The first-order valence-corrected chi connectivity index (χ1v) is 9.20. The molecule has 3 rings (SSSR count). The number of fused-ring (bicyclic) bond motifs is 1. The Kier molecular flexibility index (Phi) is 8.29. The van der Waals surface area contributed by atoms with Crippen LogP contribution in [0, 0.1) is 5.92 Å². The van der Waals surface area contributed by atoms with Crippen molar-refractivity contribution in [3.8, 4) is 5.75 Å². The van der Waals surface area contributed by atoms with Crippen molar-refractivity contribution in [3.05, 3.63) is 29.3 Å². The Morgan fingerprint density at radius 3 is 3.00 bits per heavy atom. The molecule has 5 nitrogen and oxygen atoms in total. The van der Waals surface area contributed by atoms with Crippen LogP contribution in [0.4, 0.5) is 0 Å². The molecule has 0 aromatic heterocycles. The van der Waals surface area contributed by atoms with Crippen molar-refractivity contribution >= 4 is 29.9 Å². The highest BCUT2D eigenvalue weighted by molar-refractivity contribution is 14.0. The summed E-state index contributed by atoms with van der Waals surface area (Å²) in [5.74, 6) is 2.71. The van der Waals surface area contributed by atoms with Gasteiger partial charge in [0.25, 0.3) is 0 Å². The van der Waals surface area contributed by atoms with Crippen LogP contribution in [0.3, 0.4) is 0 Å². The molecule has 0 radical (unpaired) electrons. The van der Waals surface area contributed by atoms with Gasteiger partial charge in [-0.25, -0.2) is 0 Å². The van der Waals surface area contributed by atoms with E-state index in [2.05, 4.69) is 45.6 Å². The van der Waals surface area contributed by atoms with Crippen LogP contribution in [0.25, 0.3) is 0 Å². The molecule has 2 heterocycles. The lowest BCUT2D eigenvalue weighted by Crippen LogP contribution is -2.41.